The third-order valence-electron chi connectivity index (χ3n) is 3.34. The number of thiazole rings is 2. The molecule has 0 saturated carbocycles. The van der Waals surface area contributed by atoms with E-state index in [0.29, 0.717) is 32.1 Å². The Hall–Kier alpha value is -2.53. The molecule has 0 atom stereocenters. The molecule has 2 heterocycles. The zero-order chi connectivity index (χ0) is 18.7. The molecular formula is C18H13ClN4OS2. The molecule has 0 fully saturated rings. The van der Waals surface area contributed by atoms with E-state index in [2.05, 4.69) is 16.0 Å². The van der Waals surface area contributed by atoms with E-state index in [1.165, 1.54) is 34.5 Å². The van der Waals surface area contributed by atoms with Gasteiger partial charge in [-0.05, 0) is 31.2 Å². The second kappa shape index (κ2) is 7.79. The Labute approximate surface area is 163 Å². The summed E-state index contributed by atoms with van der Waals surface area (Å²) < 4.78 is 0. The molecule has 0 bridgehead atoms. The molecule has 0 radical (unpaired) electrons. The van der Waals surface area contributed by atoms with E-state index < -0.39 is 0 Å². The number of nitriles is 1. The largest absolute Gasteiger partial charge is 0.274 e. The Balaban J connectivity index is 1.96. The molecule has 1 amide bonds. The zero-order valence-electron chi connectivity index (χ0n) is 13.9. The number of hydrogen-bond acceptors (Lipinski definition) is 6. The summed E-state index contributed by atoms with van der Waals surface area (Å²) in [4.78, 5) is 22.5. The van der Waals surface area contributed by atoms with E-state index >= 15 is 0 Å². The summed E-state index contributed by atoms with van der Waals surface area (Å²) >= 11 is 8.77. The lowest BCUT2D eigenvalue weighted by atomic mass is 10.2. The number of allylic oxidation sites excluding steroid dienone is 1. The lowest BCUT2D eigenvalue weighted by Crippen LogP contribution is -2.22. The summed E-state index contributed by atoms with van der Waals surface area (Å²) in [5.74, 6) is -0.173. The highest BCUT2D eigenvalue weighted by Crippen LogP contribution is 2.31. The van der Waals surface area contributed by atoms with Crippen molar-refractivity contribution in [1.29, 1.82) is 5.26 Å². The van der Waals surface area contributed by atoms with Crippen LogP contribution in [0.15, 0.2) is 35.0 Å². The van der Waals surface area contributed by atoms with Crippen molar-refractivity contribution in [3.8, 4) is 6.07 Å². The Morgan fingerprint density at radius 1 is 1.31 bits per heavy atom. The number of carbonyl (C=O) groups is 1. The van der Waals surface area contributed by atoms with Crippen molar-refractivity contribution in [2.24, 2.45) is 0 Å². The van der Waals surface area contributed by atoms with Crippen LogP contribution in [0.3, 0.4) is 0 Å². The first-order valence-corrected chi connectivity index (χ1v) is 9.67. The number of hydrogen-bond donors (Lipinski definition) is 0. The molecule has 5 nitrogen and oxygen atoms in total. The summed E-state index contributed by atoms with van der Waals surface area (Å²) in [5.41, 5.74) is 2.56. The predicted octanol–water partition coefficient (Wildman–Crippen LogP) is 5.31. The summed E-state index contributed by atoms with van der Waals surface area (Å²) in [7, 11) is 0. The molecule has 0 saturated heterocycles. The maximum Gasteiger partial charge on any atom is 0.230 e. The maximum atomic E-state index is 12.1. The number of aromatic nitrogens is 2. The van der Waals surface area contributed by atoms with Crippen molar-refractivity contribution in [3.63, 3.8) is 0 Å². The highest BCUT2D eigenvalue weighted by atomic mass is 35.5. The molecule has 0 N–H and O–H groups in total. The van der Waals surface area contributed by atoms with E-state index in [1.54, 1.807) is 35.7 Å². The lowest BCUT2D eigenvalue weighted by Gasteiger charge is -2.18. The zero-order valence-corrected chi connectivity index (χ0v) is 16.3. The summed E-state index contributed by atoms with van der Waals surface area (Å²) in [6.07, 6.45) is 1.68. The van der Waals surface area contributed by atoms with Crippen molar-refractivity contribution in [3.05, 3.63) is 56.4 Å². The van der Waals surface area contributed by atoms with E-state index in [4.69, 9.17) is 11.6 Å². The molecule has 0 spiro atoms. The molecule has 26 heavy (non-hydrogen) atoms. The quantitative estimate of drug-likeness (QED) is 0.556. The van der Waals surface area contributed by atoms with Gasteiger partial charge in [0.15, 0.2) is 5.13 Å². The van der Waals surface area contributed by atoms with Gasteiger partial charge < -0.3 is 0 Å². The van der Waals surface area contributed by atoms with Crippen LogP contribution in [0.25, 0.3) is 11.6 Å². The van der Waals surface area contributed by atoms with Crippen molar-refractivity contribution in [1.82, 2.24) is 9.97 Å². The first-order chi connectivity index (χ1) is 12.5. The summed E-state index contributed by atoms with van der Waals surface area (Å²) in [5, 5.41) is 14.8. The predicted molar refractivity (Wildman–Crippen MR) is 107 cm³/mol. The number of rotatable bonds is 4. The van der Waals surface area contributed by atoms with Gasteiger partial charge in [-0.2, -0.15) is 5.26 Å². The van der Waals surface area contributed by atoms with Crippen LogP contribution >= 0.6 is 34.3 Å². The number of benzene rings is 1. The van der Waals surface area contributed by atoms with Crippen LogP contribution in [0.1, 0.15) is 23.3 Å². The van der Waals surface area contributed by atoms with Crippen LogP contribution < -0.4 is 4.90 Å². The second-order valence-electron chi connectivity index (χ2n) is 5.35. The minimum atomic E-state index is -0.173. The van der Waals surface area contributed by atoms with Crippen LogP contribution in [0, 0.1) is 18.3 Å². The van der Waals surface area contributed by atoms with Crippen molar-refractivity contribution in [2.75, 3.05) is 4.90 Å². The Morgan fingerprint density at radius 3 is 2.73 bits per heavy atom. The van der Waals surface area contributed by atoms with Gasteiger partial charge in [-0.25, -0.2) is 9.97 Å². The number of anilines is 2. The second-order valence-corrected chi connectivity index (χ2v) is 7.48. The van der Waals surface area contributed by atoms with Gasteiger partial charge in [0.1, 0.15) is 11.1 Å². The topological polar surface area (TPSA) is 69.9 Å². The summed E-state index contributed by atoms with van der Waals surface area (Å²) in [6, 6.07) is 9.18. The van der Waals surface area contributed by atoms with E-state index in [1.807, 2.05) is 12.3 Å². The number of halogens is 1. The monoisotopic (exact) mass is 400 g/mol. The molecule has 0 aliphatic heterocycles. The van der Waals surface area contributed by atoms with Gasteiger partial charge in [-0.1, -0.05) is 17.7 Å². The molecular weight excluding hydrogens is 388 g/mol. The molecule has 0 aliphatic carbocycles. The normalized spacial score (nSPS) is 11.2. The smallest absolute Gasteiger partial charge is 0.230 e. The fraction of sp³-hybridized carbons (Fsp3) is 0.111. The van der Waals surface area contributed by atoms with Gasteiger partial charge in [0.2, 0.25) is 5.91 Å². The van der Waals surface area contributed by atoms with Crippen molar-refractivity contribution in [2.45, 2.75) is 13.8 Å². The number of carbonyl (C=O) groups excluding carboxylic acids is 1. The molecule has 2 aromatic heterocycles. The van der Waals surface area contributed by atoms with Crippen molar-refractivity contribution >= 4 is 62.6 Å². The molecule has 1 aromatic carbocycles. The first kappa shape index (κ1) is 18.3. The highest BCUT2D eigenvalue weighted by molar-refractivity contribution is 7.14. The molecule has 3 rings (SSSR count). The summed E-state index contributed by atoms with van der Waals surface area (Å²) in [6.45, 7) is 3.35. The highest BCUT2D eigenvalue weighted by Gasteiger charge is 2.18. The van der Waals surface area contributed by atoms with Gasteiger partial charge in [0.05, 0.1) is 17.0 Å². The van der Waals surface area contributed by atoms with Crippen LogP contribution in [0.5, 0.6) is 0 Å². The maximum absolute atomic E-state index is 12.1. The Bertz CT molecular complexity index is 1030. The van der Waals surface area contributed by atoms with E-state index in [9.17, 15) is 10.1 Å². The van der Waals surface area contributed by atoms with Gasteiger partial charge in [0.25, 0.3) is 0 Å². The van der Waals surface area contributed by atoms with Gasteiger partial charge in [0, 0.05) is 28.4 Å². The fourth-order valence-electron chi connectivity index (χ4n) is 2.25. The van der Waals surface area contributed by atoms with E-state index in [-0.39, 0.29) is 5.91 Å². The van der Waals surface area contributed by atoms with E-state index in [0.717, 1.165) is 5.69 Å². The SMILES string of the molecule is CC(=O)N(c1cccc(Cl)c1)c1nc(/C=C(\C#N)c2nc(C)cs2)cs1. The fourth-order valence-corrected chi connectivity index (χ4v) is 4.05. The Morgan fingerprint density at radius 2 is 2.12 bits per heavy atom. The molecule has 0 unspecified atom stereocenters. The third kappa shape index (κ3) is 3.99. The Kier molecular flexibility index (Phi) is 5.47. The van der Waals surface area contributed by atoms with Crippen molar-refractivity contribution < 1.29 is 4.79 Å². The third-order valence-corrected chi connectivity index (χ3v) is 5.42. The first-order valence-electron chi connectivity index (χ1n) is 7.54. The molecule has 130 valence electrons. The van der Waals surface area contributed by atoms with Gasteiger partial charge in [-0.15, -0.1) is 22.7 Å². The van der Waals surface area contributed by atoms with Crippen LogP contribution in [0.4, 0.5) is 10.8 Å². The van der Waals surface area contributed by atoms with Crippen LogP contribution in [-0.4, -0.2) is 15.9 Å². The lowest BCUT2D eigenvalue weighted by molar-refractivity contribution is -0.115. The minimum Gasteiger partial charge on any atom is -0.274 e. The average Bonchev–Trinajstić information content (AvgIpc) is 3.22. The number of nitrogens with zero attached hydrogens (tertiary/aromatic N) is 4. The molecule has 0 aliphatic rings. The van der Waals surface area contributed by atoms with Crippen LogP contribution in [0.2, 0.25) is 5.02 Å². The standard InChI is InChI=1S/C18H13ClN4OS2/c1-11-9-25-17(21-11)13(8-20)6-15-10-26-18(22-15)23(12(2)24)16-5-3-4-14(19)7-16/h3-7,9-10H,1-2H3/b13-6+. The number of aryl methyl sites for hydroxylation is 1. The van der Waals surface area contributed by atoms with Gasteiger partial charge >= 0.3 is 0 Å². The average molecular weight is 401 g/mol. The minimum absolute atomic E-state index is 0.173. The van der Waals surface area contributed by atoms with Gasteiger partial charge in [-0.3, -0.25) is 9.69 Å². The number of amides is 1. The molecule has 3 aromatic rings. The van der Waals surface area contributed by atoms with Crippen LogP contribution in [-0.2, 0) is 4.79 Å². The molecule has 8 heteroatoms.